The van der Waals surface area contributed by atoms with Gasteiger partial charge < -0.3 is 15.2 Å². The molecule has 140 valence electrons. The molecule has 0 spiro atoms. The number of aromatic amines is 1. The van der Waals surface area contributed by atoms with E-state index in [4.69, 9.17) is 0 Å². The molecule has 4 heteroatoms. The molecule has 3 aromatic rings. The van der Waals surface area contributed by atoms with Crippen molar-refractivity contribution < 1.29 is 4.79 Å². The van der Waals surface area contributed by atoms with Crippen molar-refractivity contribution in [2.45, 2.75) is 25.7 Å². The first kappa shape index (κ1) is 17.8. The number of H-pyrrole nitrogens is 1. The molecule has 1 saturated heterocycles. The van der Waals surface area contributed by atoms with Gasteiger partial charge >= 0.3 is 0 Å². The fraction of sp³-hybridized carbons (Fsp3) is 0.348. The van der Waals surface area contributed by atoms with Crippen LogP contribution in [0.4, 0.5) is 0 Å². The number of amides is 1. The van der Waals surface area contributed by atoms with Crippen LogP contribution in [-0.4, -0.2) is 42.0 Å². The largest absolute Gasteiger partial charge is 0.361 e. The summed E-state index contributed by atoms with van der Waals surface area (Å²) in [5.41, 5.74) is 5.00. The number of benzene rings is 2. The molecule has 4 nitrogen and oxygen atoms in total. The Kier molecular flexibility index (Phi) is 5.26. The van der Waals surface area contributed by atoms with E-state index >= 15 is 0 Å². The van der Waals surface area contributed by atoms with Crippen molar-refractivity contribution in [3.63, 3.8) is 0 Å². The smallest absolute Gasteiger partial charge is 0.224 e. The van der Waals surface area contributed by atoms with Gasteiger partial charge in [0, 0.05) is 36.7 Å². The average molecular weight is 361 g/mol. The lowest BCUT2D eigenvalue weighted by molar-refractivity contribution is -0.120. The number of para-hydroxylation sites is 1. The van der Waals surface area contributed by atoms with E-state index in [1.807, 2.05) is 24.4 Å². The summed E-state index contributed by atoms with van der Waals surface area (Å²) in [4.78, 5) is 18.0. The van der Waals surface area contributed by atoms with Crippen LogP contribution < -0.4 is 5.32 Å². The fourth-order valence-electron chi connectivity index (χ4n) is 4.20. The molecule has 1 fully saturated rings. The Hall–Kier alpha value is -2.59. The zero-order valence-electron chi connectivity index (χ0n) is 15.9. The van der Waals surface area contributed by atoms with Crippen molar-refractivity contribution in [2.75, 3.05) is 26.2 Å². The number of aryl methyl sites for hydroxylation is 1. The summed E-state index contributed by atoms with van der Waals surface area (Å²) in [6.45, 7) is 6.02. The number of nitrogens with one attached hydrogen (secondary N) is 2. The lowest BCUT2D eigenvalue weighted by atomic mass is 9.94. The number of nitrogens with zero attached hydrogens (tertiary/aromatic N) is 1. The van der Waals surface area contributed by atoms with Crippen LogP contribution in [0.1, 0.15) is 29.0 Å². The van der Waals surface area contributed by atoms with E-state index in [1.165, 1.54) is 17.5 Å². The molecule has 1 unspecified atom stereocenters. The third-order valence-electron chi connectivity index (χ3n) is 5.68. The van der Waals surface area contributed by atoms with E-state index in [2.05, 4.69) is 52.5 Å². The van der Waals surface area contributed by atoms with Gasteiger partial charge in [-0.3, -0.25) is 4.79 Å². The summed E-state index contributed by atoms with van der Waals surface area (Å²) in [5.74, 6) is 0.711. The second kappa shape index (κ2) is 7.97. The van der Waals surface area contributed by atoms with E-state index in [9.17, 15) is 4.79 Å². The van der Waals surface area contributed by atoms with Gasteiger partial charge in [0.15, 0.2) is 0 Å². The molecule has 0 bridgehead atoms. The summed E-state index contributed by atoms with van der Waals surface area (Å²) < 4.78 is 0. The molecule has 27 heavy (non-hydrogen) atoms. The number of fused-ring (bicyclic) bond motifs is 1. The molecule has 1 atom stereocenters. The summed E-state index contributed by atoms with van der Waals surface area (Å²) in [7, 11) is 0. The molecule has 1 aliphatic heterocycles. The van der Waals surface area contributed by atoms with Crippen LogP contribution >= 0.6 is 0 Å². The normalized spacial score (nSPS) is 17.4. The number of likely N-dealkylation sites (tertiary alicyclic amines) is 1. The van der Waals surface area contributed by atoms with Crippen molar-refractivity contribution >= 4 is 16.8 Å². The fourth-order valence-corrected chi connectivity index (χ4v) is 4.20. The van der Waals surface area contributed by atoms with Crippen molar-refractivity contribution in [1.29, 1.82) is 0 Å². The van der Waals surface area contributed by atoms with Gasteiger partial charge in [0.05, 0.1) is 6.42 Å². The van der Waals surface area contributed by atoms with E-state index in [0.717, 1.165) is 36.1 Å². The topological polar surface area (TPSA) is 48.1 Å². The highest BCUT2D eigenvalue weighted by Gasteiger charge is 2.24. The monoisotopic (exact) mass is 361 g/mol. The van der Waals surface area contributed by atoms with Crippen LogP contribution in [-0.2, 0) is 11.2 Å². The number of carbonyl (C=O) groups is 1. The lowest BCUT2D eigenvalue weighted by Crippen LogP contribution is -2.34. The highest BCUT2D eigenvalue weighted by atomic mass is 16.1. The number of hydrogen-bond acceptors (Lipinski definition) is 2. The number of rotatable bonds is 6. The zero-order chi connectivity index (χ0) is 18.6. The Morgan fingerprint density at radius 2 is 2.00 bits per heavy atom. The number of hydrogen-bond donors (Lipinski definition) is 2. The van der Waals surface area contributed by atoms with Gasteiger partial charge in [0.25, 0.3) is 0 Å². The van der Waals surface area contributed by atoms with Gasteiger partial charge in [-0.2, -0.15) is 0 Å². The molecule has 4 rings (SSSR count). The summed E-state index contributed by atoms with van der Waals surface area (Å²) in [5, 5.41) is 4.22. The highest BCUT2D eigenvalue weighted by Crippen LogP contribution is 2.28. The molecule has 2 N–H and O–H groups in total. The zero-order valence-corrected chi connectivity index (χ0v) is 15.9. The average Bonchev–Trinajstić information content (AvgIpc) is 3.30. The first-order chi connectivity index (χ1) is 13.2. The second-order valence-corrected chi connectivity index (χ2v) is 7.53. The minimum absolute atomic E-state index is 0.0920. The Bertz CT molecular complexity index is 930. The molecule has 0 saturated carbocycles. The standard InChI is InChI=1S/C23H27N3O/c1-17-6-2-3-7-20(17)18-10-12-26(16-18)13-11-24-23(27)14-19-15-25-22-9-5-4-8-21(19)22/h2-9,15,18,25H,10-14,16H2,1H3,(H,24,27). The minimum Gasteiger partial charge on any atom is -0.361 e. The van der Waals surface area contributed by atoms with Gasteiger partial charge in [-0.1, -0.05) is 42.5 Å². The Morgan fingerprint density at radius 3 is 2.89 bits per heavy atom. The third kappa shape index (κ3) is 4.06. The quantitative estimate of drug-likeness (QED) is 0.704. The van der Waals surface area contributed by atoms with Crippen molar-refractivity contribution in [2.24, 2.45) is 0 Å². The molecule has 1 amide bonds. The van der Waals surface area contributed by atoms with E-state index in [1.54, 1.807) is 0 Å². The molecule has 2 aromatic carbocycles. The van der Waals surface area contributed by atoms with E-state index in [0.29, 0.717) is 18.9 Å². The maximum Gasteiger partial charge on any atom is 0.224 e. The first-order valence-corrected chi connectivity index (χ1v) is 9.80. The lowest BCUT2D eigenvalue weighted by Gasteiger charge is -2.17. The van der Waals surface area contributed by atoms with Gasteiger partial charge in [0.1, 0.15) is 0 Å². The minimum atomic E-state index is 0.0920. The summed E-state index contributed by atoms with van der Waals surface area (Å²) in [6.07, 6.45) is 3.57. The van der Waals surface area contributed by atoms with Crippen molar-refractivity contribution in [3.8, 4) is 0 Å². The van der Waals surface area contributed by atoms with Crippen molar-refractivity contribution in [1.82, 2.24) is 15.2 Å². The summed E-state index contributed by atoms with van der Waals surface area (Å²) >= 11 is 0. The molecule has 1 aliphatic rings. The van der Waals surface area contributed by atoms with Crippen LogP contribution in [0.15, 0.2) is 54.7 Å². The molecular formula is C23H27N3O. The molecule has 0 radical (unpaired) electrons. The molecule has 1 aromatic heterocycles. The van der Waals surface area contributed by atoms with Crippen LogP contribution in [0.2, 0.25) is 0 Å². The molecular weight excluding hydrogens is 334 g/mol. The highest BCUT2D eigenvalue weighted by molar-refractivity contribution is 5.88. The van der Waals surface area contributed by atoms with Crippen molar-refractivity contribution in [3.05, 3.63) is 71.4 Å². The molecule has 2 heterocycles. The predicted molar refractivity (Wildman–Crippen MR) is 110 cm³/mol. The van der Waals surface area contributed by atoms with E-state index in [-0.39, 0.29) is 5.91 Å². The first-order valence-electron chi connectivity index (χ1n) is 9.80. The van der Waals surface area contributed by atoms with Gasteiger partial charge in [-0.25, -0.2) is 0 Å². The summed E-state index contributed by atoms with van der Waals surface area (Å²) in [6, 6.07) is 16.8. The van der Waals surface area contributed by atoms with Crippen LogP contribution in [0, 0.1) is 6.92 Å². The predicted octanol–water partition coefficient (Wildman–Crippen LogP) is 3.62. The van der Waals surface area contributed by atoms with Crippen LogP contribution in [0.25, 0.3) is 10.9 Å². The van der Waals surface area contributed by atoms with Crippen LogP contribution in [0.3, 0.4) is 0 Å². The maximum atomic E-state index is 12.3. The molecule has 0 aliphatic carbocycles. The maximum absolute atomic E-state index is 12.3. The third-order valence-corrected chi connectivity index (χ3v) is 5.68. The SMILES string of the molecule is Cc1ccccc1C1CCN(CCNC(=O)Cc2c[nH]c3ccccc23)C1. The van der Waals surface area contributed by atoms with Crippen LogP contribution in [0.5, 0.6) is 0 Å². The van der Waals surface area contributed by atoms with Gasteiger partial charge in [0.2, 0.25) is 5.91 Å². The van der Waals surface area contributed by atoms with E-state index < -0.39 is 0 Å². The number of carbonyl (C=O) groups excluding carboxylic acids is 1. The Morgan fingerprint density at radius 1 is 1.19 bits per heavy atom. The Balaban J connectivity index is 1.24. The van der Waals surface area contributed by atoms with Gasteiger partial charge in [-0.15, -0.1) is 0 Å². The second-order valence-electron chi connectivity index (χ2n) is 7.53. The Labute approximate surface area is 160 Å². The number of aromatic nitrogens is 1. The van der Waals surface area contributed by atoms with Gasteiger partial charge in [-0.05, 0) is 48.6 Å².